The van der Waals surface area contributed by atoms with Gasteiger partial charge in [0.05, 0.1) is 14.2 Å². The Kier molecular flexibility index (Phi) is 9.48. The highest BCUT2D eigenvalue weighted by Gasteiger charge is 2.27. The van der Waals surface area contributed by atoms with E-state index in [9.17, 15) is 28.8 Å². The lowest BCUT2D eigenvalue weighted by Crippen LogP contribution is -2.44. The first-order chi connectivity index (χ1) is 17.6. The van der Waals surface area contributed by atoms with Gasteiger partial charge >= 0.3 is 11.9 Å². The van der Waals surface area contributed by atoms with Crippen LogP contribution in [0.5, 0.6) is 0 Å². The summed E-state index contributed by atoms with van der Waals surface area (Å²) in [5, 5.41) is 4.26. The normalized spacial score (nSPS) is 19.1. The van der Waals surface area contributed by atoms with Gasteiger partial charge in [-0.15, -0.1) is 0 Å². The Labute approximate surface area is 221 Å². The van der Waals surface area contributed by atoms with Gasteiger partial charge < -0.3 is 20.1 Å². The number of benzene rings is 2. The predicted molar refractivity (Wildman–Crippen MR) is 138 cm³/mol. The molecule has 3 rings (SSSR count). The van der Waals surface area contributed by atoms with Crippen LogP contribution in [0.3, 0.4) is 0 Å². The van der Waals surface area contributed by atoms with Crippen molar-refractivity contribution < 1.29 is 38.2 Å². The number of rotatable bonds is 2. The Morgan fingerprint density at radius 3 is 1.54 bits per heavy atom. The van der Waals surface area contributed by atoms with Gasteiger partial charge in [0.1, 0.15) is 12.1 Å². The number of fused-ring (bicyclic) bond motifs is 4. The molecule has 0 spiro atoms. The fourth-order valence-corrected chi connectivity index (χ4v) is 5.07. The average Bonchev–Trinajstić information content (AvgIpc) is 2.90. The molecule has 2 atom stereocenters. The fourth-order valence-electron chi connectivity index (χ4n) is 3.41. The average molecular weight is 545 g/mol. The number of hydrogen-bond acceptors (Lipinski definition) is 10. The first kappa shape index (κ1) is 27.9. The van der Waals surface area contributed by atoms with Crippen molar-refractivity contribution in [2.75, 3.05) is 25.7 Å². The summed E-state index contributed by atoms with van der Waals surface area (Å²) in [6.07, 6.45) is 0. The Hall–Kier alpha value is -3.64. The van der Waals surface area contributed by atoms with Gasteiger partial charge in [0.25, 0.3) is 11.8 Å². The van der Waals surface area contributed by atoms with Crippen molar-refractivity contribution in [2.45, 2.75) is 19.0 Å². The molecule has 1 unspecified atom stereocenters. The molecule has 2 amide bonds. The predicted octanol–water partition coefficient (Wildman–Crippen LogP) is 2.00. The number of methoxy groups -OCH3 is 2. The van der Waals surface area contributed by atoms with Crippen LogP contribution >= 0.6 is 23.5 Å². The summed E-state index contributed by atoms with van der Waals surface area (Å²) < 4.78 is 9.55. The largest absolute Gasteiger partial charge is 0.467 e. The lowest BCUT2D eigenvalue weighted by Gasteiger charge is -2.18. The van der Waals surface area contributed by atoms with Gasteiger partial charge in [0.2, 0.25) is 10.2 Å². The maximum atomic E-state index is 13.0. The highest BCUT2D eigenvalue weighted by atomic mass is 32.2. The van der Waals surface area contributed by atoms with Crippen molar-refractivity contribution >= 4 is 57.5 Å². The third-order valence-corrected chi connectivity index (χ3v) is 7.28. The Morgan fingerprint density at radius 2 is 1.14 bits per heavy atom. The molecule has 194 valence electrons. The molecule has 2 aromatic carbocycles. The second-order valence-electron chi connectivity index (χ2n) is 7.96. The summed E-state index contributed by atoms with van der Waals surface area (Å²) in [7, 11) is 2.32. The molecule has 4 bridgehead atoms. The molecule has 10 nitrogen and oxygen atoms in total. The Bertz CT molecular complexity index is 1180. The summed E-state index contributed by atoms with van der Waals surface area (Å²) in [6, 6.07) is 8.01. The van der Waals surface area contributed by atoms with Crippen LogP contribution in [0.25, 0.3) is 0 Å². The maximum Gasteiger partial charge on any atom is 0.329 e. The van der Waals surface area contributed by atoms with Gasteiger partial charge in [0, 0.05) is 33.8 Å². The number of amides is 2. The number of carbonyl (C=O) groups excluding carboxylic acids is 6. The van der Waals surface area contributed by atoms with E-state index in [4.69, 9.17) is 9.47 Å². The first-order valence-corrected chi connectivity index (χ1v) is 12.9. The minimum Gasteiger partial charge on any atom is -0.467 e. The van der Waals surface area contributed by atoms with Crippen LogP contribution in [0.2, 0.25) is 0 Å². The summed E-state index contributed by atoms with van der Waals surface area (Å²) in [5.74, 6) is -3.07. The minimum atomic E-state index is -1.16. The lowest BCUT2D eigenvalue weighted by atomic mass is 10.0. The molecule has 0 aliphatic carbocycles. The zero-order valence-corrected chi connectivity index (χ0v) is 21.8. The van der Waals surface area contributed by atoms with Gasteiger partial charge in [-0.3, -0.25) is 19.2 Å². The minimum absolute atomic E-state index is 0.0865. The molecule has 1 aliphatic heterocycles. The van der Waals surface area contributed by atoms with Crippen molar-refractivity contribution in [2.24, 2.45) is 0 Å². The van der Waals surface area contributed by atoms with Crippen molar-refractivity contribution in [3.8, 4) is 0 Å². The molecule has 0 saturated carbocycles. The van der Waals surface area contributed by atoms with E-state index < -0.39 is 46.1 Å². The van der Waals surface area contributed by atoms with Crippen LogP contribution < -0.4 is 10.6 Å². The molecule has 2 N–H and O–H groups in total. The van der Waals surface area contributed by atoms with E-state index in [2.05, 4.69) is 10.6 Å². The van der Waals surface area contributed by atoms with E-state index in [1.54, 1.807) is 6.92 Å². The second kappa shape index (κ2) is 12.5. The van der Waals surface area contributed by atoms with Crippen LogP contribution in [0, 0.1) is 6.92 Å². The SMILES string of the molecule is COC(=O)C1CSC(=O)c2cccc(c2)C(=O)SC[C@H](C(=O)OC)NC(=O)c2cc(C)cc(c2)C(=O)N1. The van der Waals surface area contributed by atoms with Gasteiger partial charge in [-0.2, -0.15) is 0 Å². The van der Waals surface area contributed by atoms with E-state index >= 15 is 0 Å². The van der Waals surface area contributed by atoms with E-state index in [-0.39, 0.29) is 33.8 Å². The summed E-state index contributed by atoms with van der Waals surface area (Å²) in [4.78, 5) is 76.2. The first-order valence-electron chi connectivity index (χ1n) is 11.0. The smallest absolute Gasteiger partial charge is 0.329 e. The molecule has 1 heterocycles. The number of aryl methyl sites for hydroxylation is 1. The van der Waals surface area contributed by atoms with Gasteiger partial charge in [-0.05, 0) is 36.8 Å². The van der Waals surface area contributed by atoms with E-state index in [0.29, 0.717) is 5.56 Å². The molecule has 0 radical (unpaired) electrons. The van der Waals surface area contributed by atoms with Crippen LogP contribution in [-0.4, -0.2) is 71.8 Å². The number of ether oxygens (including phenoxy) is 2. The summed E-state index contributed by atoms with van der Waals surface area (Å²) in [6.45, 7) is 1.67. The van der Waals surface area contributed by atoms with Gasteiger partial charge in [-0.1, -0.05) is 41.7 Å². The molecule has 12 heteroatoms. The van der Waals surface area contributed by atoms with Crippen LogP contribution in [-0.2, 0) is 19.1 Å². The monoisotopic (exact) mass is 544 g/mol. The van der Waals surface area contributed by atoms with Crippen molar-refractivity contribution in [1.29, 1.82) is 0 Å². The van der Waals surface area contributed by atoms with E-state index in [1.165, 1.54) is 42.5 Å². The highest BCUT2D eigenvalue weighted by molar-refractivity contribution is 8.14. The maximum absolute atomic E-state index is 13.0. The van der Waals surface area contributed by atoms with Crippen molar-refractivity contribution in [1.82, 2.24) is 10.6 Å². The Balaban J connectivity index is 2.02. The third-order valence-electron chi connectivity index (χ3n) is 5.28. The molecule has 2 aromatic rings. The van der Waals surface area contributed by atoms with Crippen LogP contribution in [0.15, 0.2) is 42.5 Å². The third kappa shape index (κ3) is 7.20. The quantitative estimate of drug-likeness (QED) is 0.539. The number of hydrogen-bond donors (Lipinski definition) is 2. The number of nitrogens with one attached hydrogen (secondary N) is 2. The molecule has 0 fully saturated rings. The lowest BCUT2D eigenvalue weighted by molar-refractivity contribution is -0.143. The van der Waals surface area contributed by atoms with Gasteiger partial charge in [-0.25, -0.2) is 9.59 Å². The fraction of sp³-hybridized carbons (Fsp3) is 0.280. The molecule has 37 heavy (non-hydrogen) atoms. The molecular formula is C25H24N2O8S2. The van der Waals surface area contributed by atoms with Gasteiger partial charge in [0.15, 0.2) is 0 Å². The zero-order valence-electron chi connectivity index (χ0n) is 20.2. The number of esters is 2. The van der Waals surface area contributed by atoms with Crippen LogP contribution in [0.1, 0.15) is 47.0 Å². The molecular weight excluding hydrogens is 520 g/mol. The summed E-state index contributed by atoms with van der Waals surface area (Å²) in [5.41, 5.74) is 1.18. The standard InChI is InChI=1S/C25H24N2O8S2/c1-13-7-16-10-17(8-13)21(29)27-19(23(31)35-3)12-37-25(33)15-6-4-5-14(9-15)24(32)36-11-18(22(30)34-2)26-20(16)28/h4-10,18-19H,11-12H2,1-3H3,(H,26,28)(H,27,29)/t18-,19?/m1/s1. The number of carbonyl (C=O) groups is 6. The zero-order chi connectivity index (χ0) is 27.1. The Morgan fingerprint density at radius 1 is 0.730 bits per heavy atom. The number of thioether (sulfide) groups is 2. The molecule has 1 aliphatic rings. The second-order valence-corrected chi connectivity index (χ2v) is 9.95. The van der Waals surface area contributed by atoms with E-state index in [0.717, 1.165) is 37.7 Å². The van der Waals surface area contributed by atoms with Crippen LogP contribution in [0.4, 0.5) is 0 Å². The molecule has 0 saturated heterocycles. The molecule has 0 aromatic heterocycles. The summed E-state index contributed by atoms with van der Waals surface area (Å²) >= 11 is 1.57. The topological polar surface area (TPSA) is 145 Å². The van der Waals surface area contributed by atoms with Crippen molar-refractivity contribution in [3.05, 3.63) is 70.3 Å². The van der Waals surface area contributed by atoms with E-state index in [1.807, 2.05) is 0 Å². The highest BCUT2D eigenvalue weighted by Crippen LogP contribution is 2.20. The van der Waals surface area contributed by atoms with Crippen molar-refractivity contribution in [3.63, 3.8) is 0 Å².